The first-order valence-corrected chi connectivity index (χ1v) is 6.36. The number of nitrogens with zero attached hydrogens (tertiary/aromatic N) is 1. The molecule has 0 unspecified atom stereocenters. The van der Waals surface area contributed by atoms with Crippen molar-refractivity contribution < 1.29 is 17.2 Å². The first-order valence-electron chi connectivity index (χ1n) is 4.05. The maximum atomic E-state index is 12.5. The molecule has 7 heteroatoms. The van der Waals surface area contributed by atoms with Crippen molar-refractivity contribution in [2.24, 2.45) is 0 Å². The van der Waals surface area contributed by atoms with Crippen LogP contribution in [0.25, 0.3) is 0 Å². The standard InChI is InChI=1S/C9H6ClF2NO2S/c1-5-2-3-6(9(11)12)7(4-13)8(5)16(10,14)15/h2-3,9H,1H3. The van der Waals surface area contributed by atoms with E-state index in [4.69, 9.17) is 15.9 Å². The van der Waals surface area contributed by atoms with E-state index in [1.165, 1.54) is 19.1 Å². The molecule has 0 saturated carbocycles. The predicted octanol–water partition coefficient (Wildman–Crippen LogP) is 2.73. The van der Waals surface area contributed by atoms with Crippen LogP contribution in [-0.2, 0) is 9.05 Å². The Kier molecular flexibility index (Phi) is 3.51. The molecule has 0 radical (unpaired) electrons. The molecule has 0 aliphatic carbocycles. The minimum atomic E-state index is -4.22. The van der Waals surface area contributed by atoms with Crippen LogP contribution in [0.4, 0.5) is 8.78 Å². The summed E-state index contributed by atoms with van der Waals surface area (Å²) >= 11 is 0. The molecule has 3 nitrogen and oxygen atoms in total. The zero-order chi connectivity index (χ0) is 12.5. The van der Waals surface area contributed by atoms with Crippen LogP contribution in [0.2, 0.25) is 0 Å². The highest BCUT2D eigenvalue weighted by Gasteiger charge is 2.24. The van der Waals surface area contributed by atoms with Crippen LogP contribution in [0.1, 0.15) is 23.1 Å². The molecule has 0 bridgehead atoms. The molecule has 0 fully saturated rings. The second-order valence-electron chi connectivity index (χ2n) is 3.03. The van der Waals surface area contributed by atoms with Gasteiger partial charge < -0.3 is 0 Å². The molecule has 86 valence electrons. The molecule has 0 N–H and O–H groups in total. The van der Waals surface area contributed by atoms with Gasteiger partial charge in [-0.05, 0) is 12.5 Å². The Balaban J connectivity index is 3.74. The Morgan fingerprint density at radius 2 is 2.00 bits per heavy atom. The highest BCUT2D eigenvalue weighted by Crippen LogP contribution is 2.31. The Morgan fingerprint density at radius 3 is 2.38 bits per heavy atom. The summed E-state index contributed by atoms with van der Waals surface area (Å²) in [5.41, 5.74) is -1.06. The average molecular weight is 266 g/mol. The van der Waals surface area contributed by atoms with Crippen molar-refractivity contribution in [1.82, 2.24) is 0 Å². The molecule has 0 spiro atoms. The molecule has 0 aliphatic rings. The lowest BCUT2D eigenvalue weighted by Crippen LogP contribution is -2.03. The van der Waals surface area contributed by atoms with Crippen molar-refractivity contribution in [3.63, 3.8) is 0 Å². The summed E-state index contributed by atoms with van der Waals surface area (Å²) in [5.74, 6) is 0. The highest BCUT2D eigenvalue weighted by atomic mass is 35.7. The summed E-state index contributed by atoms with van der Waals surface area (Å²) in [5, 5.41) is 8.73. The summed E-state index contributed by atoms with van der Waals surface area (Å²) < 4.78 is 47.4. The minimum Gasteiger partial charge on any atom is -0.207 e. The molecular weight excluding hydrogens is 260 g/mol. The molecule has 0 atom stereocenters. The molecule has 0 saturated heterocycles. The molecule has 0 amide bonds. The van der Waals surface area contributed by atoms with Crippen LogP contribution in [-0.4, -0.2) is 8.42 Å². The van der Waals surface area contributed by atoms with E-state index in [2.05, 4.69) is 0 Å². The first-order chi connectivity index (χ1) is 7.29. The minimum absolute atomic E-state index is 0.163. The number of hydrogen-bond donors (Lipinski definition) is 0. The number of nitriles is 1. The van der Waals surface area contributed by atoms with Gasteiger partial charge in [-0.3, -0.25) is 0 Å². The second-order valence-corrected chi connectivity index (χ2v) is 5.53. The summed E-state index contributed by atoms with van der Waals surface area (Å²) in [6.07, 6.45) is -2.92. The van der Waals surface area contributed by atoms with Crippen LogP contribution in [0.3, 0.4) is 0 Å². The van der Waals surface area contributed by atoms with E-state index in [1.807, 2.05) is 0 Å². The van der Waals surface area contributed by atoms with Gasteiger partial charge in [0.05, 0.1) is 5.56 Å². The van der Waals surface area contributed by atoms with Gasteiger partial charge in [-0.25, -0.2) is 17.2 Å². The Bertz CT molecular complexity index is 564. The van der Waals surface area contributed by atoms with Gasteiger partial charge in [0.15, 0.2) is 0 Å². The molecule has 1 aromatic rings. The normalized spacial score (nSPS) is 11.5. The molecule has 0 aromatic heterocycles. The number of halogens is 3. The smallest absolute Gasteiger partial charge is 0.207 e. The third kappa shape index (κ3) is 2.31. The number of rotatable bonds is 2. The SMILES string of the molecule is Cc1ccc(C(F)F)c(C#N)c1S(=O)(=O)Cl. The zero-order valence-corrected chi connectivity index (χ0v) is 9.61. The van der Waals surface area contributed by atoms with Crippen LogP contribution < -0.4 is 0 Å². The van der Waals surface area contributed by atoms with Gasteiger partial charge >= 0.3 is 0 Å². The number of aryl methyl sites for hydroxylation is 1. The summed E-state index contributed by atoms with van der Waals surface area (Å²) in [6.45, 7) is 1.38. The molecule has 16 heavy (non-hydrogen) atoms. The Hall–Kier alpha value is -1.19. The summed E-state index contributed by atoms with van der Waals surface area (Å²) in [6, 6.07) is 3.66. The van der Waals surface area contributed by atoms with E-state index in [1.54, 1.807) is 0 Å². The van der Waals surface area contributed by atoms with Gasteiger partial charge in [0, 0.05) is 16.2 Å². The largest absolute Gasteiger partial charge is 0.265 e. The lowest BCUT2D eigenvalue weighted by Gasteiger charge is -2.09. The molecule has 1 rings (SSSR count). The van der Waals surface area contributed by atoms with Gasteiger partial charge in [-0.2, -0.15) is 5.26 Å². The first kappa shape index (κ1) is 12.9. The van der Waals surface area contributed by atoms with Crippen molar-refractivity contribution in [1.29, 1.82) is 5.26 Å². The molecule has 0 heterocycles. The molecule has 0 aliphatic heterocycles. The van der Waals surface area contributed by atoms with Gasteiger partial charge in [0.25, 0.3) is 15.5 Å². The third-order valence-electron chi connectivity index (χ3n) is 1.98. The van der Waals surface area contributed by atoms with E-state index in [9.17, 15) is 17.2 Å². The summed E-state index contributed by atoms with van der Waals surface area (Å²) in [4.78, 5) is -0.547. The fourth-order valence-corrected chi connectivity index (χ4v) is 2.77. The van der Waals surface area contributed by atoms with Crippen molar-refractivity contribution in [2.75, 3.05) is 0 Å². The fourth-order valence-electron chi connectivity index (χ4n) is 1.31. The fraction of sp³-hybridized carbons (Fsp3) is 0.222. The summed E-state index contributed by atoms with van der Waals surface area (Å²) in [7, 11) is 0.885. The topological polar surface area (TPSA) is 57.9 Å². The second kappa shape index (κ2) is 4.36. The predicted molar refractivity (Wildman–Crippen MR) is 53.9 cm³/mol. The van der Waals surface area contributed by atoms with Gasteiger partial charge in [0.1, 0.15) is 11.0 Å². The number of alkyl halides is 2. The third-order valence-corrected chi connectivity index (χ3v) is 3.45. The quantitative estimate of drug-likeness (QED) is 0.773. The zero-order valence-electron chi connectivity index (χ0n) is 8.04. The van der Waals surface area contributed by atoms with E-state index in [0.717, 1.165) is 6.07 Å². The lowest BCUT2D eigenvalue weighted by atomic mass is 10.1. The highest BCUT2D eigenvalue weighted by molar-refractivity contribution is 8.13. The van der Waals surface area contributed by atoms with Gasteiger partial charge in [-0.15, -0.1) is 0 Å². The molecular formula is C9H6ClF2NO2S. The molecule has 1 aromatic carbocycles. The Labute approximate surface area is 95.7 Å². The van der Waals surface area contributed by atoms with Crippen LogP contribution in [0.15, 0.2) is 17.0 Å². The van der Waals surface area contributed by atoms with Crippen molar-refractivity contribution >= 4 is 19.7 Å². The Morgan fingerprint density at radius 1 is 1.44 bits per heavy atom. The van der Waals surface area contributed by atoms with Gasteiger partial charge in [0.2, 0.25) is 0 Å². The van der Waals surface area contributed by atoms with E-state index < -0.39 is 31.5 Å². The maximum absolute atomic E-state index is 12.5. The van der Waals surface area contributed by atoms with E-state index in [-0.39, 0.29) is 5.56 Å². The van der Waals surface area contributed by atoms with Crippen molar-refractivity contribution in [3.05, 3.63) is 28.8 Å². The van der Waals surface area contributed by atoms with E-state index >= 15 is 0 Å². The van der Waals surface area contributed by atoms with Crippen molar-refractivity contribution in [2.45, 2.75) is 18.2 Å². The van der Waals surface area contributed by atoms with Crippen LogP contribution in [0.5, 0.6) is 0 Å². The number of benzene rings is 1. The monoisotopic (exact) mass is 265 g/mol. The lowest BCUT2D eigenvalue weighted by molar-refractivity contribution is 0.150. The van der Waals surface area contributed by atoms with Crippen LogP contribution >= 0.6 is 10.7 Å². The number of hydrogen-bond acceptors (Lipinski definition) is 3. The average Bonchev–Trinajstić information content (AvgIpc) is 2.14. The van der Waals surface area contributed by atoms with Crippen molar-refractivity contribution in [3.8, 4) is 6.07 Å². The van der Waals surface area contributed by atoms with E-state index in [0.29, 0.717) is 0 Å². The van der Waals surface area contributed by atoms with Gasteiger partial charge in [-0.1, -0.05) is 12.1 Å². The van der Waals surface area contributed by atoms with Crippen LogP contribution in [0, 0.1) is 18.3 Å². The maximum Gasteiger partial charge on any atom is 0.265 e.